The number of aryl methyl sites for hydroxylation is 1. The second-order valence-corrected chi connectivity index (χ2v) is 11.5. The Morgan fingerprint density at radius 3 is 2.47 bits per heavy atom. The first-order chi connectivity index (χ1) is 17.3. The molecule has 1 fully saturated rings. The lowest BCUT2D eigenvalue weighted by Gasteiger charge is -2.26. The van der Waals surface area contributed by atoms with Crippen molar-refractivity contribution in [1.29, 1.82) is 0 Å². The van der Waals surface area contributed by atoms with Gasteiger partial charge in [0.05, 0.1) is 29.8 Å². The van der Waals surface area contributed by atoms with Gasteiger partial charge in [-0.25, -0.2) is 13.4 Å². The predicted octanol–water partition coefficient (Wildman–Crippen LogP) is 3.09. The zero-order valence-corrected chi connectivity index (χ0v) is 21.1. The maximum absolute atomic E-state index is 13.3. The molecule has 1 saturated heterocycles. The number of aromatic nitrogens is 2. The lowest BCUT2D eigenvalue weighted by atomic mass is 10.0. The Bertz CT molecular complexity index is 1570. The van der Waals surface area contributed by atoms with E-state index in [2.05, 4.69) is 10.3 Å². The normalized spacial score (nSPS) is 14.7. The first kappa shape index (κ1) is 24.3. The smallest absolute Gasteiger partial charge is 0.263 e. The van der Waals surface area contributed by atoms with Crippen LogP contribution in [0.2, 0.25) is 0 Å². The van der Waals surface area contributed by atoms with Gasteiger partial charge in [0.1, 0.15) is 11.4 Å². The van der Waals surface area contributed by atoms with Gasteiger partial charge in [-0.1, -0.05) is 30.3 Å². The third-order valence-corrected chi connectivity index (χ3v) is 8.90. The molecule has 3 heterocycles. The molecular formula is C25H24N4O5S2. The minimum absolute atomic E-state index is 0.148. The van der Waals surface area contributed by atoms with Gasteiger partial charge in [-0.2, -0.15) is 4.31 Å². The topological polar surface area (TPSA) is 111 Å². The van der Waals surface area contributed by atoms with Gasteiger partial charge in [0.2, 0.25) is 15.9 Å². The number of carbonyl (C=O) groups excluding carboxylic acids is 1. The van der Waals surface area contributed by atoms with Crippen LogP contribution in [0.5, 0.6) is 0 Å². The number of rotatable bonds is 6. The molecule has 0 spiro atoms. The second kappa shape index (κ2) is 9.94. The highest BCUT2D eigenvalue weighted by molar-refractivity contribution is 7.89. The molecule has 0 bridgehead atoms. The van der Waals surface area contributed by atoms with Crippen LogP contribution in [-0.4, -0.2) is 54.5 Å². The van der Waals surface area contributed by atoms with Gasteiger partial charge in [-0.3, -0.25) is 14.2 Å². The SMILES string of the molecule is Cc1sc2ncn(CC(=O)Nc3ccc(S(=O)(=O)N4CCOCC4)cc3)c(=O)c2c1-c1ccccc1. The molecule has 0 unspecified atom stereocenters. The second-order valence-electron chi connectivity index (χ2n) is 8.35. The summed E-state index contributed by atoms with van der Waals surface area (Å²) in [5.74, 6) is -0.421. The summed E-state index contributed by atoms with van der Waals surface area (Å²) in [5.41, 5.74) is 1.90. The van der Waals surface area contributed by atoms with Gasteiger partial charge in [0, 0.05) is 29.2 Å². The van der Waals surface area contributed by atoms with Gasteiger partial charge < -0.3 is 10.1 Å². The molecule has 36 heavy (non-hydrogen) atoms. The summed E-state index contributed by atoms with van der Waals surface area (Å²) in [7, 11) is -3.62. The van der Waals surface area contributed by atoms with Crippen molar-refractivity contribution in [2.45, 2.75) is 18.4 Å². The summed E-state index contributed by atoms with van der Waals surface area (Å²) in [6.07, 6.45) is 1.38. The van der Waals surface area contributed by atoms with Gasteiger partial charge in [-0.05, 0) is 36.8 Å². The van der Waals surface area contributed by atoms with Gasteiger partial charge in [0.25, 0.3) is 5.56 Å². The Labute approximate surface area is 212 Å². The molecule has 11 heteroatoms. The van der Waals surface area contributed by atoms with E-state index < -0.39 is 15.9 Å². The largest absolute Gasteiger partial charge is 0.379 e. The van der Waals surface area contributed by atoms with Gasteiger partial charge in [-0.15, -0.1) is 11.3 Å². The summed E-state index contributed by atoms with van der Waals surface area (Å²) >= 11 is 1.45. The Hall–Kier alpha value is -3.38. The number of carbonyl (C=O) groups is 1. The average Bonchev–Trinajstić information content (AvgIpc) is 3.23. The molecule has 0 aliphatic carbocycles. The van der Waals surface area contributed by atoms with Crippen molar-refractivity contribution in [3.8, 4) is 11.1 Å². The summed E-state index contributed by atoms with van der Waals surface area (Å²) in [4.78, 5) is 32.2. The lowest BCUT2D eigenvalue weighted by molar-refractivity contribution is -0.116. The Balaban J connectivity index is 1.34. The van der Waals surface area contributed by atoms with Crippen molar-refractivity contribution in [2.75, 3.05) is 31.6 Å². The number of benzene rings is 2. The lowest BCUT2D eigenvalue weighted by Crippen LogP contribution is -2.40. The van der Waals surface area contributed by atoms with E-state index in [4.69, 9.17) is 4.74 Å². The van der Waals surface area contributed by atoms with E-state index in [1.807, 2.05) is 37.3 Å². The highest BCUT2D eigenvalue weighted by atomic mass is 32.2. The quantitative estimate of drug-likeness (QED) is 0.415. The number of nitrogens with zero attached hydrogens (tertiary/aromatic N) is 3. The van der Waals surface area contributed by atoms with Crippen molar-refractivity contribution in [1.82, 2.24) is 13.9 Å². The highest BCUT2D eigenvalue weighted by Crippen LogP contribution is 2.35. The monoisotopic (exact) mass is 524 g/mol. The van der Waals surface area contributed by atoms with Crippen molar-refractivity contribution < 1.29 is 17.9 Å². The first-order valence-corrected chi connectivity index (χ1v) is 13.6. The summed E-state index contributed by atoms with van der Waals surface area (Å²) in [6, 6.07) is 15.6. The number of morpholine rings is 1. The molecule has 1 aliphatic rings. The van der Waals surface area contributed by atoms with Crippen LogP contribution in [0.15, 0.2) is 70.6 Å². The molecule has 4 aromatic rings. The molecule has 0 atom stereocenters. The number of thiophene rings is 1. The van der Waals surface area contributed by atoms with Crippen LogP contribution in [0.25, 0.3) is 21.3 Å². The van der Waals surface area contributed by atoms with Crippen LogP contribution in [-0.2, 0) is 26.1 Å². The van der Waals surface area contributed by atoms with Crippen molar-refractivity contribution in [3.05, 3.63) is 76.2 Å². The highest BCUT2D eigenvalue weighted by Gasteiger charge is 2.26. The Morgan fingerprint density at radius 1 is 1.08 bits per heavy atom. The maximum atomic E-state index is 13.3. The molecule has 9 nitrogen and oxygen atoms in total. The number of hydrogen-bond donors (Lipinski definition) is 1. The molecule has 2 aromatic carbocycles. The van der Waals surface area contributed by atoms with Crippen molar-refractivity contribution in [2.24, 2.45) is 0 Å². The zero-order chi connectivity index (χ0) is 25.3. The van der Waals surface area contributed by atoms with E-state index in [1.165, 1.54) is 50.8 Å². The number of fused-ring (bicyclic) bond motifs is 1. The first-order valence-electron chi connectivity index (χ1n) is 11.4. The molecule has 1 N–H and O–H groups in total. The predicted molar refractivity (Wildman–Crippen MR) is 139 cm³/mol. The van der Waals surface area contributed by atoms with E-state index in [-0.39, 0.29) is 17.0 Å². The van der Waals surface area contributed by atoms with E-state index in [0.29, 0.717) is 42.2 Å². The number of hydrogen-bond acceptors (Lipinski definition) is 7. The molecule has 186 valence electrons. The number of amides is 1. The fourth-order valence-corrected chi connectivity index (χ4v) is 6.62. The summed E-state index contributed by atoms with van der Waals surface area (Å²) < 4.78 is 33.4. The van der Waals surface area contributed by atoms with Crippen LogP contribution >= 0.6 is 11.3 Å². The number of sulfonamides is 1. The Morgan fingerprint density at radius 2 is 1.78 bits per heavy atom. The molecule has 0 radical (unpaired) electrons. The standard InChI is InChI=1S/C25H24N4O5S2/c1-17-22(18-5-3-2-4-6-18)23-24(35-17)26-16-28(25(23)31)15-21(30)27-19-7-9-20(10-8-19)36(32,33)29-11-13-34-14-12-29/h2-10,16H,11-15H2,1H3,(H,27,30). The molecule has 5 rings (SSSR count). The number of ether oxygens (including phenoxy) is 1. The Kier molecular flexibility index (Phi) is 6.71. The van der Waals surface area contributed by atoms with Crippen LogP contribution in [0.4, 0.5) is 5.69 Å². The van der Waals surface area contributed by atoms with Gasteiger partial charge in [0.15, 0.2) is 0 Å². The van der Waals surface area contributed by atoms with E-state index in [9.17, 15) is 18.0 Å². The van der Waals surface area contributed by atoms with E-state index in [0.717, 1.165) is 16.0 Å². The summed E-state index contributed by atoms with van der Waals surface area (Å²) in [6.45, 7) is 3.08. The third-order valence-electron chi connectivity index (χ3n) is 5.98. The molecule has 2 aromatic heterocycles. The molecule has 0 saturated carbocycles. The zero-order valence-electron chi connectivity index (χ0n) is 19.5. The van der Waals surface area contributed by atoms with E-state index in [1.54, 1.807) is 0 Å². The minimum atomic E-state index is -3.62. The van der Waals surface area contributed by atoms with Crippen LogP contribution in [0.3, 0.4) is 0 Å². The van der Waals surface area contributed by atoms with Crippen LogP contribution in [0.1, 0.15) is 4.88 Å². The van der Waals surface area contributed by atoms with E-state index >= 15 is 0 Å². The fraction of sp³-hybridized carbons (Fsp3) is 0.240. The van der Waals surface area contributed by atoms with Crippen LogP contribution in [0, 0.1) is 6.92 Å². The summed E-state index contributed by atoms with van der Waals surface area (Å²) in [5, 5.41) is 3.22. The van der Waals surface area contributed by atoms with Crippen molar-refractivity contribution in [3.63, 3.8) is 0 Å². The molecule has 1 aliphatic heterocycles. The number of nitrogens with one attached hydrogen (secondary N) is 1. The number of anilines is 1. The third kappa shape index (κ3) is 4.70. The van der Waals surface area contributed by atoms with Crippen molar-refractivity contribution >= 4 is 43.2 Å². The van der Waals surface area contributed by atoms with Gasteiger partial charge >= 0.3 is 0 Å². The molecular weight excluding hydrogens is 500 g/mol. The van der Waals surface area contributed by atoms with Crippen LogP contribution < -0.4 is 10.9 Å². The maximum Gasteiger partial charge on any atom is 0.263 e. The molecule has 1 amide bonds. The minimum Gasteiger partial charge on any atom is -0.379 e. The average molecular weight is 525 g/mol. The fourth-order valence-electron chi connectivity index (χ4n) is 4.20.